The van der Waals surface area contributed by atoms with Crippen LogP contribution in [0.1, 0.15) is 49.7 Å². The van der Waals surface area contributed by atoms with Crippen LogP contribution in [0.3, 0.4) is 0 Å². The highest BCUT2D eigenvalue weighted by Crippen LogP contribution is 2.68. The SMILES string of the molecule is C[Si](C)(C)C1=CC(C23CC4CC(CC(C4)C2CP)C3)=C(C(P)(c2cc[nH]c2)c2cc[nH]c2)C1. The summed E-state index contributed by atoms with van der Waals surface area (Å²) in [5.74, 6) is 3.66. The van der Waals surface area contributed by atoms with Crippen molar-refractivity contribution in [2.75, 3.05) is 6.16 Å². The number of aromatic nitrogens is 2. The lowest BCUT2D eigenvalue weighted by atomic mass is 9.43. The summed E-state index contributed by atoms with van der Waals surface area (Å²) in [5.41, 5.74) is 6.55. The zero-order valence-electron chi connectivity index (χ0n) is 20.5. The molecule has 33 heavy (non-hydrogen) atoms. The van der Waals surface area contributed by atoms with E-state index in [9.17, 15) is 0 Å². The molecule has 0 radical (unpaired) electrons. The summed E-state index contributed by atoms with van der Waals surface area (Å²) in [6, 6.07) is 4.59. The van der Waals surface area contributed by atoms with Gasteiger partial charge in [0.15, 0.2) is 0 Å². The van der Waals surface area contributed by atoms with E-state index in [1.54, 1.807) is 16.3 Å². The monoisotopic (exact) mass is 494 g/mol. The molecular weight excluding hydrogens is 454 g/mol. The lowest BCUT2D eigenvalue weighted by Crippen LogP contribution is -2.54. The van der Waals surface area contributed by atoms with Gasteiger partial charge in [0.25, 0.3) is 0 Å². The number of nitrogens with one attached hydrogen (secondary N) is 2. The normalized spacial score (nSPS) is 33.8. The van der Waals surface area contributed by atoms with Crippen LogP contribution < -0.4 is 0 Å². The summed E-state index contributed by atoms with van der Waals surface area (Å²) in [7, 11) is 5.12. The molecule has 4 saturated carbocycles. The van der Waals surface area contributed by atoms with E-state index in [-0.39, 0.29) is 5.16 Å². The highest BCUT2D eigenvalue weighted by atomic mass is 31.0. The van der Waals surface area contributed by atoms with E-state index in [4.69, 9.17) is 0 Å². The molecule has 176 valence electrons. The van der Waals surface area contributed by atoms with Crippen molar-refractivity contribution in [2.45, 2.75) is 63.3 Å². The number of rotatable bonds is 6. The Morgan fingerprint density at radius 2 is 1.61 bits per heavy atom. The molecule has 5 atom stereocenters. The van der Waals surface area contributed by atoms with Crippen LogP contribution in [0.15, 0.2) is 59.3 Å². The molecule has 4 fully saturated rings. The van der Waals surface area contributed by atoms with Crippen molar-refractivity contribution in [3.05, 3.63) is 70.5 Å². The fourth-order valence-corrected chi connectivity index (χ4v) is 11.2. The Kier molecular flexibility index (Phi) is 5.34. The van der Waals surface area contributed by atoms with Gasteiger partial charge in [0.1, 0.15) is 0 Å². The molecule has 0 amide bonds. The maximum absolute atomic E-state index is 3.37. The summed E-state index contributed by atoms with van der Waals surface area (Å²) in [6.07, 6.45) is 21.1. The second-order valence-corrected chi connectivity index (χ2v) is 19.1. The summed E-state index contributed by atoms with van der Waals surface area (Å²) in [5, 5.41) is 1.57. The Bertz CT molecular complexity index is 1040. The van der Waals surface area contributed by atoms with E-state index in [1.165, 1.54) is 49.4 Å². The zero-order chi connectivity index (χ0) is 23.0. The summed E-state index contributed by atoms with van der Waals surface area (Å²) in [6.45, 7) is 7.63. The highest BCUT2D eigenvalue weighted by molar-refractivity contribution is 7.19. The lowest BCUT2D eigenvalue weighted by molar-refractivity contribution is -0.0764. The number of H-pyrrole nitrogens is 2. The third-order valence-electron chi connectivity index (χ3n) is 9.87. The predicted molar refractivity (Wildman–Crippen MR) is 149 cm³/mol. The molecule has 2 aromatic heterocycles. The first-order valence-electron chi connectivity index (χ1n) is 13.0. The van der Waals surface area contributed by atoms with Gasteiger partial charge in [-0.05, 0) is 108 Å². The van der Waals surface area contributed by atoms with Gasteiger partial charge in [-0.2, -0.15) is 0 Å². The molecule has 0 saturated heterocycles. The van der Waals surface area contributed by atoms with Crippen LogP contribution in [0, 0.1) is 29.1 Å². The number of aromatic amines is 2. The summed E-state index contributed by atoms with van der Waals surface area (Å²) < 4.78 is 0. The van der Waals surface area contributed by atoms with Crippen molar-refractivity contribution in [3.8, 4) is 0 Å². The van der Waals surface area contributed by atoms with Crippen molar-refractivity contribution in [2.24, 2.45) is 29.1 Å². The first kappa shape index (κ1) is 22.6. The molecule has 0 aliphatic heterocycles. The average molecular weight is 495 g/mol. The van der Waals surface area contributed by atoms with Gasteiger partial charge in [-0.25, -0.2) is 0 Å². The van der Waals surface area contributed by atoms with Crippen LogP contribution in [0.4, 0.5) is 0 Å². The molecule has 0 aromatic carbocycles. The fraction of sp³-hybridized carbons (Fsp3) is 0.571. The topological polar surface area (TPSA) is 31.6 Å². The Balaban J connectivity index is 1.59. The first-order chi connectivity index (χ1) is 15.8. The van der Waals surface area contributed by atoms with Crippen LogP contribution in [0.2, 0.25) is 19.6 Å². The van der Waals surface area contributed by atoms with Gasteiger partial charge in [0.2, 0.25) is 0 Å². The van der Waals surface area contributed by atoms with Crippen molar-refractivity contribution < 1.29 is 0 Å². The predicted octanol–water partition coefficient (Wildman–Crippen LogP) is 7.28. The van der Waals surface area contributed by atoms with Crippen molar-refractivity contribution >= 4 is 26.6 Å². The third-order valence-corrected chi connectivity index (χ3v) is 13.6. The van der Waals surface area contributed by atoms with Crippen molar-refractivity contribution in [1.29, 1.82) is 0 Å². The fourth-order valence-electron chi connectivity index (χ4n) is 8.51. The number of allylic oxidation sites excluding steroid dienone is 4. The molecule has 5 aliphatic carbocycles. The summed E-state index contributed by atoms with van der Waals surface area (Å²) >= 11 is 0. The van der Waals surface area contributed by atoms with Crippen LogP contribution in [0.5, 0.6) is 0 Å². The molecule has 2 nitrogen and oxygen atoms in total. The lowest BCUT2D eigenvalue weighted by Gasteiger charge is -2.62. The van der Waals surface area contributed by atoms with E-state index in [0.717, 1.165) is 30.1 Å². The second kappa shape index (κ2) is 7.81. The van der Waals surface area contributed by atoms with Gasteiger partial charge in [-0.15, -0.1) is 18.5 Å². The zero-order valence-corrected chi connectivity index (χ0v) is 23.8. The largest absolute Gasteiger partial charge is 0.367 e. The standard InChI is InChI=1S/C28H40N2P2Si/c1-33(2,3)23-11-24(27-13-18-8-19(14-27)10-20(9-18)26(27)17-31)25(12-23)28(32,21-4-6-29-15-21)22-5-7-30-16-22/h4-7,11,15-16,18-20,26,29-30H,8-10,12-14,17,31-32H2,1-3H3. The number of hydrogen-bond donors (Lipinski definition) is 2. The minimum absolute atomic E-state index is 0.179. The van der Waals surface area contributed by atoms with Crippen LogP contribution in [-0.4, -0.2) is 24.2 Å². The Morgan fingerprint density at radius 3 is 2.09 bits per heavy atom. The number of hydrogen-bond acceptors (Lipinski definition) is 0. The smallest absolute Gasteiger partial charge is 0.0728 e. The van der Waals surface area contributed by atoms with Gasteiger partial charge in [0.05, 0.1) is 13.2 Å². The quantitative estimate of drug-likeness (QED) is 0.312. The molecule has 2 N–H and O–H groups in total. The highest BCUT2D eigenvalue weighted by Gasteiger charge is 2.59. The maximum Gasteiger partial charge on any atom is 0.0728 e. The van der Waals surface area contributed by atoms with E-state index in [0.29, 0.717) is 5.41 Å². The minimum Gasteiger partial charge on any atom is -0.367 e. The molecule has 4 bridgehead atoms. The Labute approximate surface area is 205 Å². The molecule has 5 unspecified atom stereocenters. The molecule has 5 heteroatoms. The van der Waals surface area contributed by atoms with Crippen LogP contribution >= 0.6 is 18.5 Å². The first-order valence-corrected chi connectivity index (χ1v) is 17.9. The van der Waals surface area contributed by atoms with Crippen LogP contribution in [-0.2, 0) is 5.16 Å². The Morgan fingerprint density at radius 1 is 1.00 bits per heavy atom. The van der Waals surface area contributed by atoms with Gasteiger partial charge < -0.3 is 9.97 Å². The molecule has 5 aliphatic rings. The molecule has 0 spiro atoms. The third kappa shape index (κ3) is 3.32. The van der Waals surface area contributed by atoms with Crippen molar-refractivity contribution in [3.63, 3.8) is 0 Å². The average Bonchev–Trinajstić information content (AvgIpc) is 3.54. The van der Waals surface area contributed by atoms with E-state index in [1.807, 2.05) is 0 Å². The van der Waals surface area contributed by atoms with E-state index >= 15 is 0 Å². The van der Waals surface area contributed by atoms with E-state index in [2.05, 4.69) is 91.1 Å². The molecule has 2 aromatic rings. The van der Waals surface area contributed by atoms with E-state index < -0.39 is 8.07 Å². The van der Waals surface area contributed by atoms with Crippen molar-refractivity contribution in [1.82, 2.24) is 9.97 Å². The van der Waals surface area contributed by atoms with Gasteiger partial charge in [-0.1, -0.05) is 30.9 Å². The van der Waals surface area contributed by atoms with Gasteiger partial charge in [-0.3, -0.25) is 0 Å². The maximum atomic E-state index is 3.37. The minimum atomic E-state index is -1.41. The Hall–Kier alpha value is -0.883. The molecule has 7 rings (SSSR count). The van der Waals surface area contributed by atoms with Crippen LogP contribution in [0.25, 0.3) is 0 Å². The van der Waals surface area contributed by atoms with Gasteiger partial charge in [0, 0.05) is 24.8 Å². The molecule has 2 heterocycles. The second-order valence-electron chi connectivity index (χ2n) is 12.6. The molecular formula is C28H40N2P2Si. The summed E-state index contributed by atoms with van der Waals surface area (Å²) in [4.78, 5) is 6.75. The van der Waals surface area contributed by atoms with Gasteiger partial charge >= 0.3 is 0 Å².